The smallest absolute Gasteiger partial charge is 0.274 e. The lowest BCUT2D eigenvalue weighted by Crippen LogP contribution is -2.31. The molecule has 0 spiro atoms. The first-order valence-corrected chi connectivity index (χ1v) is 9.83. The summed E-state index contributed by atoms with van der Waals surface area (Å²) in [6, 6.07) is 7.16. The molecular weight excluding hydrogens is 493 g/mol. The molecule has 1 saturated heterocycles. The molecule has 0 N–H and O–H groups in total. The van der Waals surface area contributed by atoms with Crippen molar-refractivity contribution in [2.75, 3.05) is 9.80 Å². The fraction of sp³-hybridized carbons (Fsp3) is 0.143. The Bertz CT molecular complexity index is 1290. The number of carbonyl (C=O) groups excluding carboxylic acids is 4. The van der Waals surface area contributed by atoms with Crippen molar-refractivity contribution in [3.63, 3.8) is 0 Å². The molecule has 0 aromatic heterocycles. The van der Waals surface area contributed by atoms with E-state index in [0.717, 1.165) is 29.2 Å². The maximum Gasteiger partial charge on any atom is 0.418 e. The molecular formula is C21H13F3N4O8. The number of amides is 4. The molecule has 4 amide bonds. The van der Waals surface area contributed by atoms with Crippen LogP contribution in [0, 0.1) is 20.2 Å². The van der Waals surface area contributed by atoms with Crippen LogP contribution in [0.5, 0.6) is 0 Å². The van der Waals surface area contributed by atoms with Crippen LogP contribution in [0.25, 0.3) is 0 Å². The highest BCUT2D eigenvalue weighted by Gasteiger charge is 2.39. The van der Waals surface area contributed by atoms with Gasteiger partial charge in [0.25, 0.3) is 23.2 Å². The van der Waals surface area contributed by atoms with Gasteiger partial charge in [0.1, 0.15) is 0 Å². The highest BCUT2D eigenvalue weighted by atomic mass is 19.4. The van der Waals surface area contributed by atoms with E-state index in [1.54, 1.807) is 0 Å². The maximum absolute atomic E-state index is 12.9. The van der Waals surface area contributed by atoms with Gasteiger partial charge in [-0.1, -0.05) is 0 Å². The summed E-state index contributed by atoms with van der Waals surface area (Å²) in [6.07, 6.45) is -2.88. The van der Waals surface area contributed by atoms with Crippen molar-refractivity contribution >= 4 is 46.4 Å². The Morgan fingerprint density at radius 2 is 1.19 bits per heavy atom. The zero-order valence-electron chi connectivity index (χ0n) is 17.8. The molecule has 2 aromatic carbocycles. The van der Waals surface area contributed by atoms with Gasteiger partial charge in [-0.25, -0.2) is 4.90 Å². The summed E-state index contributed by atoms with van der Waals surface area (Å²) in [5, 5.41) is 20.9. The Labute approximate surface area is 198 Å². The van der Waals surface area contributed by atoms with Crippen molar-refractivity contribution < 1.29 is 42.2 Å². The summed E-state index contributed by atoms with van der Waals surface area (Å²) < 4.78 is 38.7. The van der Waals surface area contributed by atoms with Crippen LogP contribution in [0.15, 0.2) is 54.6 Å². The lowest BCUT2D eigenvalue weighted by atomic mass is 10.1. The second-order valence-corrected chi connectivity index (χ2v) is 7.20. The minimum absolute atomic E-state index is 0.0668. The number of nitro groups is 2. The van der Waals surface area contributed by atoms with Crippen LogP contribution in [-0.2, 0) is 25.4 Å². The van der Waals surface area contributed by atoms with Crippen molar-refractivity contribution in [2.45, 2.75) is 19.0 Å². The molecule has 0 radical (unpaired) electrons. The number of hydrogen-bond acceptors (Lipinski definition) is 8. The van der Waals surface area contributed by atoms with E-state index in [1.165, 1.54) is 24.3 Å². The van der Waals surface area contributed by atoms with Gasteiger partial charge in [0.2, 0.25) is 11.8 Å². The van der Waals surface area contributed by atoms with E-state index >= 15 is 0 Å². The Hall–Kier alpha value is -4.95. The SMILES string of the molecule is O=C1C=CC(=O)N1c1ccc([N+](=O)[O-])cc1C(F)(F)F.O=C1CCC(=O)N1c1ccc([N+](=O)[O-])cc1. The molecule has 186 valence electrons. The third kappa shape index (κ3) is 5.24. The number of nitro benzene ring substituents is 2. The largest absolute Gasteiger partial charge is 0.418 e. The normalized spacial score (nSPS) is 15.3. The lowest BCUT2D eigenvalue weighted by molar-refractivity contribution is -0.385. The first-order valence-electron chi connectivity index (χ1n) is 9.83. The molecule has 2 aliphatic heterocycles. The van der Waals surface area contributed by atoms with E-state index < -0.39 is 44.8 Å². The number of hydrogen-bond donors (Lipinski definition) is 0. The van der Waals surface area contributed by atoms with Crippen molar-refractivity contribution in [1.29, 1.82) is 0 Å². The number of non-ortho nitro benzene ring substituents is 2. The molecule has 4 rings (SSSR count). The Balaban J connectivity index is 0.000000205. The van der Waals surface area contributed by atoms with Gasteiger partial charge in [-0.3, -0.25) is 44.3 Å². The number of benzene rings is 2. The summed E-state index contributed by atoms with van der Waals surface area (Å²) in [5.74, 6) is -2.40. The predicted molar refractivity (Wildman–Crippen MR) is 115 cm³/mol. The number of rotatable bonds is 4. The van der Waals surface area contributed by atoms with Crippen LogP contribution in [0.1, 0.15) is 18.4 Å². The topological polar surface area (TPSA) is 161 Å². The van der Waals surface area contributed by atoms with E-state index in [0.29, 0.717) is 10.6 Å². The van der Waals surface area contributed by atoms with Gasteiger partial charge in [0.05, 0.1) is 26.8 Å². The molecule has 12 nitrogen and oxygen atoms in total. The predicted octanol–water partition coefficient (Wildman–Crippen LogP) is 3.29. The van der Waals surface area contributed by atoms with Crippen LogP contribution in [-0.4, -0.2) is 33.5 Å². The number of anilines is 2. The van der Waals surface area contributed by atoms with Gasteiger partial charge in [-0.15, -0.1) is 0 Å². The average Bonchev–Trinajstić information content (AvgIpc) is 3.33. The van der Waals surface area contributed by atoms with Crippen LogP contribution in [0.2, 0.25) is 0 Å². The third-order valence-corrected chi connectivity index (χ3v) is 4.92. The maximum atomic E-state index is 12.9. The first kappa shape index (κ1) is 25.7. The van der Waals surface area contributed by atoms with Gasteiger partial charge in [0.15, 0.2) is 0 Å². The van der Waals surface area contributed by atoms with E-state index in [1.807, 2.05) is 0 Å². The fourth-order valence-corrected chi connectivity index (χ4v) is 3.29. The third-order valence-electron chi connectivity index (χ3n) is 4.92. The fourth-order valence-electron chi connectivity index (χ4n) is 3.29. The van der Waals surface area contributed by atoms with Crippen LogP contribution >= 0.6 is 0 Å². The molecule has 1 fully saturated rings. The van der Waals surface area contributed by atoms with Crippen molar-refractivity contribution in [1.82, 2.24) is 0 Å². The number of imide groups is 2. The molecule has 15 heteroatoms. The molecule has 2 heterocycles. The van der Waals surface area contributed by atoms with Crippen LogP contribution < -0.4 is 9.80 Å². The summed E-state index contributed by atoms with van der Waals surface area (Å²) in [5.41, 5.74) is -2.62. The van der Waals surface area contributed by atoms with Gasteiger partial charge in [-0.05, 0) is 18.2 Å². The van der Waals surface area contributed by atoms with Gasteiger partial charge in [-0.2, -0.15) is 13.2 Å². The molecule has 0 saturated carbocycles. The second kappa shape index (κ2) is 9.73. The standard InChI is InChI=1S/C11H5F3N2O4.C10H8N2O4/c12-11(13,14)7-5-6(16(19)20)1-2-8(7)15-9(17)3-4-10(15)18;13-9-5-6-10(14)11(9)7-1-3-8(4-2-7)12(15)16/h1-5H;1-4H,5-6H2. The average molecular weight is 506 g/mol. The Morgan fingerprint density at radius 1 is 0.722 bits per heavy atom. The number of halogens is 3. The van der Waals surface area contributed by atoms with Crippen molar-refractivity contribution in [2.24, 2.45) is 0 Å². The summed E-state index contributed by atoms with van der Waals surface area (Å²) >= 11 is 0. The van der Waals surface area contributed by atoms with Crippen LogP contribution in [0.4, 0.5) is 35.9 Å². The lowest BCUT2D eigenvalue weighted by Gasteiger charge is -2.19. The minimum atomic E-state index is -4.94. The van der Waals surface area contributed by atoms with Crippen molar-refractivity contribution in [3.05, 3.63) is 80.4 Å². The van der Waals surface area contributed by atoms with Gasteiger partial charge < -0.3 is 0 Å². The van der Waals surface area contributed by atoms with E-state index in [4.69, 9.17) is 0 Å². The van der Waals surface area contributed by atoms with E-state index in [-0.39, 0.29) is 36.4 Å². The summed E-state index contributed by atoms with van der Waals surface area (Å²) in [6.45, 7) is 0. The molecule has 0 unspecified atom stereocenters. The Kier molecular flexibility index (Phi) is 6.94. The van der Waals surface area contributed by atoms with E-state index in [2.05, 4.69) is 0 Å². The zero-order chi connectivity index (χ0) is 26.8. The molecule has 2 aromatic rings. The van der Waals surface area contributed by atoms with Crippen molar-refractivity contribution in [3.8, 4) is 0 Å². The molecule has 36 heavy (non-hydrogen) atoms. The Morgan fingerprint density at radius 3 is 1.64 bits per heavy atom. The van der Waals surface area contributed by atoms with E-state index in [9.17, 15) is 52.6 Å². The van der Waals surface area contributed by atoms with Crippen LogP contribution in [0.3, 0.4) is 0 Å². The summed E-state index contributed by atoms with van der Waals surface area (Å²) in [4.78, 5) is 66.3. The minimum Gasteiger partial charge on any atom is -0.274 e. The van der Waals surface area contributed by atoms with Gasteiger partial charge >= 0.3 is 6.18 Å². The number of alkyl halides is 3. The molecule has 0 bridgehead atoms. The summed E-state index contributed by atoms with van der Waals surface area (Å²) in [7, 11) is 0. The second-order valence-electron chi connectivity index (χ2n) is 7.20. The van der Waals surface area contributed by atoms with Gasteiger partial charge in [0, 0.05) is 49.3 Å². The highest BCUT2D eigenvalue weighted by Crippen LogP contribution is 2.39. The zero-order valence-corrected chi connectivity index (χ0v) is 17.8. The molecule has 0 atom stereocenters. The number of carbonyl (C=O) groups is 4. The monoisotopic (exact) mass is 506 g/mol. The number of nitrogens with zero attached hydrogens (tertiary/aromatic N) is 4. The first-order chi connectivity index (χ1) is 16.8. The highest BCUT2D eigenvalue weighted by molar-refractivity contribution is 6.28. The quantitative estimate of drug-likeness (QED) is 0.347. The molecule has 2 aliphatic rings. The molecule has 0 aliphatic carbocycles.